The van der Waals surface area contributed by atoms with Crippen molar-refractivity contribution in [1.82, 2.24) is 14.5 Å². The van der Waals surface area contributed by atoms with Crippen LogP contribution < -0.4 is 11.0 Å². The van der Waals surface area contributed by atoms with Gasteiger partial charge in [0.1, 0.15) is 0 Å². The van der Waals surface area contributed by atoms with Crippen LogP contribution in [0.25, 0.3) is 0 Å². The maximum atomic E-state index is 11.7. The van der Waals surface area contributed by atoms with E-state index < -0.39 is 0 Å². The summed E-state index contributed by atoms with van der Waals surface area (Å²) in [5, 5.41) is 3.37. The van der Waals surface area contributed by atoms with Gasteiger partial charge in [-0.05, 0) is 32.2 Å². The smallest absolute Gasteiger partial charge is 0.315 e. The quantitative estimate of drug-likeness (QED) is 0.701. The molecule has 0 unspecified atom stereocenters. The number of aryl methyl sites for hydroxylation is 1. The first-order chi connectivity index (χ1) is 8.15. The molecule has 1 N–H and O–H groups in total. The Morgan fingerprint density at radius 2 is 1.94 bits per heavy atom. The van der Waals surface area contributed by atoms with Crippen LogP contribution in [0.5, 0.6) is 0 Å². The predicted octanol–water partition coefficient (Wildman–Crippen LogP) is 1.70. The van der Waals surface area contributed by atoms with E-state index in [9.17, 15) is 4.79 Å². The molecule has 0 saturated heterocycles. The van der Waals surface area contributed by atoms with E-state index in [2.05, 4.69) is 19.2 Å². The van der Waals surface area contributed by atoms with E-state index in [-0.39, 0.29) is 5.69 Å². The van der Waals surface area contributed by atoms with E-state index >= 15 is 0 Å². The van der Waals surface area contributed by atoms with Gasteiger partial charge in [-0.25, -0.2) is 4.79 Å². The zero-order valence-electron chi connectivity index (χ0n) is 11.3. The number of imidazole rings is 1. The maximum Gasteiger partial charge on any atom is 0.328 e. The number of nitrogens with one attached hydrogen (secondary N) is 1. The highest BCUT2D eigenvalue weighted by Gasteiger charge is 2.00. The van der Waals surface area contributed by atoms with Gasteiger partial charge in [0.05, 0.1) is 0 Å². The molecule has 1 rings (SSSR count). The zero-order chi connectivity index (χ0) is 12.7. The van der Waals surface area contributed by atoms with E-state index in [4.69, 9.17) is 0 Å². The highest BCUT2D eigenvalue weighted by atomic mass is 16.1. The Kier molecular flexibility index (Phi) is 6.05. The Hall–Kier alpha value is -1.03. The summed E-state index contributed by atoms with van der Waals surface area (Å²) in [4.78, 5) is 11.7. The van der Waals surface area contributed by atoms with Crippen molar-refractivity contribution in [3.8, 4) is 0 Å². The zero-order valence-corrected chi connectivity index (χ0v) is 11.3. The summed E-state index contributed by atoms with van der Waals surface area (Å²) in [5.74, 6) is 0.776. The van der Waals surface area contributed by atoms with Crippen LogP contribution in [0.3, 0.4) is 0 Å². The van der Waals surface area contributed by atoms with Gasteiger partial charge >= 0.3 is 5.69 Å². The van der Waals surface area contributed by atoms with Gasteiger partial charge < -0.3 is 5.32 Å². The summed E-state index contributed by atoms with van der Waals surface area (Å²) < 4.78 is 3.48. The molecule has 0 radical (unpaired) electrons. The Morgan fingerprint density at radius 1 is 1.24 bits per heavy atom. The van der Waals surface area contributed by atoms with E-state index in [1.54, 1.807) is 9.13 Å². The molecule has 0 bridgehead atoms. The average molecular weight is 239 g/mol. The number of rotatable bonds is 8. The molecule has 1 aromatic heterocycles. The number of aromatic nitrogens is 2. The number of hydrogen-bond donors (Lipinski definition) is 1. The molecule has 0 atom stereocenters. The van der Waals surface area contributed by atoms with Gasteiger partial charge in [0.2, 0.25) is 0 Å². The van der Waals surface area contributed by atoms with Gasteiger partial charge in [-0.2, -0.15) is 0 Å². The van der Waals surface area contributed by atoms with Crippen molar-refractivity contribution >= 4 is 0 Å². The fourth-order valence-electron chi connectivity index (χ4n) is 1.82. The van der Waals surface area contributed by atoms with Crippen molar-refractivity contribution in [1.29, 1.82) is 0 Å². The normalized spacial score (nSPS) is 11.3. The summed E-state index contributed by atoms with van der Waals surface area (Å²) in [6.45, 7) is 9.88. The van der Waals surface area contributed by atoms with Crippen LogP contribution in [0, 0.1) is 5.92 Å². The molecule has 1 aromatic rings. The van der Waals surface area contributed by atoms with Crippen LogP contribution in [0.4, 0.5) is 0 Å². The Balaban J connectivity index is 2.18. The first-order valence-electron chi connectivity index (χ1n) is 6.61. The van der Waals surface area contributed by atoms with Gasteiger partial charge in [0.25, 0.3) is 0 Å². The van der Waals surface area contributed by atoms with Crippen LogP contribution >= 0.6 is 0 Å². The largest absolute Gasteiger partial charge is 0.328 e. The number of nitrogens with zero attached hydrogens (tertiary/aromatic N) is 2. The van der Waals surface area contributed by atoms with Crippen LogP contribution in [0.2, 0.25) is 0 Å². The summed E-state index contributed by atoms with van der Waals surface area (Å²) in [6, 6.07) is 0. The van der Waals surface area contributed by atoms with Crippen LogP contribution in [0.1, 0.15) is 33.6 Å². The summed E-state index contributed by atoms with van der Waals surface area (Å²) in [7, 11) is 0. The number of hydrogen-bond acceptors (Lipinski definition) is 2. The maximum absolute atomic E-state index is 11.7. The van der Waals surface area contributed by atoms with E-state index in [1.807, 2.05) is 19.3 Å². The van der Waals surface area contributed by atoms with Crippen molar-refractivity contribution in [2.24, 2.45) is 5.92 Å². The lowest BCUT2D eigenvalue weighted by Gasteiger charge is -2.06. The van der Waals surface area contributed by atoms with E-state index in [0.29, 0.717) is 0 Å². The van der Waals surface area contributed by atoms with Gasteiger partial charge in [0.15, 0.2) is 0 Å². The first kappa shape index (κ1) is 14.0. The van der Waals surface area contributed by atoms with Gasteiger partial charge in [-0.1, -0.05) is 13.8 Å². The molecule has 98 valence electrons. The average Bonchev–Trinajstić information content (AvgIpc) is 2.64. The molecule has 17 heavy (non-hydrogen) atoms. The third-order valence-electron chi connectivity index (χ3n) is 2.92. The second kappa shape index (κ2) is 7.33. The Labute approximate surface area is 104 Å². The van der Waals surface area contributed by atoms with Gasteiger partial charge in [-0.3, -0.25) is 9.13 Å². The predicted molar refractivity (Wildman–Crippen MR) is 71.3 cm³/mol. The van der Waals surface area contributed by atoms with Crippen molar-refractivity contribution in [3.05, 3.63) is 22.9 Å². The van der Waals surface area contributed by atoms with Crippen molar-refractivity contribution < 1.29 is 0 Å². The highest BCUT2D eigenvalue weighted by Crippen LogP contribution is 2.01. The van der Waals surface area contributed by atoms with E-state index in [1.165, 1.54) is 12.8 Å². The van der Waals surface area contributed by atoms with Crippen LogP contribution in [-0.2, 0) is 13.1 Å². The molecular weight excluding hydrogens is 214 g/mol. The molecule has 0 aliphatic carbocycles. The van der Waals surface area contributed by atoms with Gasteiger partial charge in [0, 0.05) is 32.0 Å². The molecule has 1 heterocycles. The fourth-order valence-corrected chi connectivity index (χ4v) is 1.82. The Bertz CT molecular complexity index is 365. The van der Waals surface area contributed by atoms with Crippen LogP contribution in [0.15, 0.2) is 17.2 Å². The van der Waals surface area contributed by atoms with Crippen molar-refractivity contribution in [3.63, 3.8) is 0 Å². The molecule has 0 saturated carbocycles. The third-order valence-corrected chi connectivity index (χ3v) is 2.92. The molecule has 0 fully saturated rings. The molecule has 0 spiro atoms. The molecular formula is C13H25N3O. The highest BCUT2D eigenvalue weighted by molar-refractivity contribution is 4.81. The standard InChI is InChI=1S/C13H25N3O/c1-4-15-10-11-16(13(15)17)9-8-14-7-5-6-12(2)3/h10-12,14H,4-9H2,1-3H3. The lowest BCUT2D eigenvalue weighted by molar-refractivity contribution is 0.510. The second-order valence-corrected chi connectivity index (χ2v) is 4.85. The molecule has 4 nitrogen and oxygen atoms in total. The topological polar surface area (TPSA) is 39.0 Å². The lowest BCUT2D eigenvalue weighted by atomic mass is 10.1. The monoisotopic (exact) mass is 239 g/mol. The molecule has 0 aliphatic rings. The minimum Gasteiger partial charge on any atom is -0.315 e. The first-order valence-corrected chi connectivity index (χ1v) is 6.61. The summed E-state index contributed by atoms with van der Waals surface area (Å²) >= 11 is 0. The lowest BCUT2D eigenvalue weighted by Crippen LogP contribution is -2.28. The van der Waals surface area contributed by atoms with E-state index in [0.717, 1.165) is 32.1 Å². The van der Waals surface area contributed by atoms with Crippen LogP contribution in [-0.4, -0.2) is 22.2 Å². The molecule has 4 heteroatoms. The summed E-state index contributed by atoms with van der Waals surface area (Å²) in [5.41, 5.74) is 0.0940. The molecule has 0 aliphatic heterocycles. The molecule has 0 aromatic carbocycles. The summed E-state index contributed by atoms with van der Waals surface area (Å²) in [6.07, 6.45) is 6.18. The Morgan fingerprint density at radius 3 is 2.53 bits per heavy atom. The fraction of sp³-hybridized carbons (Fsp3) is 0.769. The third kappa shape index (κ3) is 4.77. The minimum absolute atomic E-state index is 0.0940. The van der Waals surface area contributed by atoms with Crippen molar-refractivity contribution in [2.75, 3.05) is 13.1 Å². The van der Waals surface area contributed by atoms with Gasteiger partial charge in [-0.15, -0.1) is 0 Å². The van der Waals surface area contributed by atoms with Crippen molar-refractivity contribution in [2.45, 2.75) is 46.7 Å². The minimum atomic E-state index is 0.0940. The second-order valence-electron chi connectivity index (χ2n) is 4.85. The SMILES string of the molecule is CCn1ccn(CCNCCCC(C)C)c1=O. The molecule has 0 amide bonds.